The number of benzene rings is 1. The van der Waals surface area contributed by atoms with Gasteiger partial charge in [-0.15, -0.1) is 0 Å². The Morgan fingerprint density at radius 2 is 2.12 bits per heavy atom. The van der Waals surface area contributed by atoms with Crippen molar-refractivity contribution in [1.29, 1.82) is 0 Å². The summed E-state index contributed by atoms with van der Waals surface area (Å²) in [5.41, 5.74) is 2.69. The number of imidazole rings is 1. The van der Waals surface area contributed by atoms with Crippen LogP contribution in [0.15, 0.2) is 30.6 Å². The Labute approximate surface area is 147 Å². The molecule has 136 valence electrons. The number of nitrogens with zero attached hydrogens (tertiary/aromatic N) is 3. The van der Waals surface area contributed by atoms with Gasteiger partial charge in [-0.05, 0) is 36.7 Å². The number of carbonyl (C=O) groups is 1. The zero-order chi connectivity index (χ0) is 18.3. The zero-order valence-corrected chi connectivity index (χ0v) is 14.8. The van der Waals surface area contributed by atoms with E-state index < -0.39 is 5.92 Å². The minimum Gasteiger partial charge on any atom is -0.329 e. The van der Waals surface area contributed by atoms with E-state index >= 15 is 0 Å². The van der Waals surface area contributed by atoms with Gasteiger partial charge in [0.1, 0.15) is 6.29 Å². The van der Waals surface area contributed by atoms with Gasteiger partial charge in [-0.25, -0.2) is 13.8 Å². The number of aromatic nitrogens is 2. The molecule has 1 aromatic heterocycles. The molecule has 4 nitrogen and oxygen atoms in total. The van der Waals surface area contributed by atoms with E-state index in [-0.39, 0.29) is 6.54 Å². The number of halogens is 2. The Bertz CT molecular complexity index is 719. The second-order valence-corrected chi connectivity index (χ2v) is 6.38. The van der Waals surface area contributed by atoms with E-state index in [0.29, 0.717) is 19.6 Å². The van der Waals surface area contributed by atoms with E-state index in [1.165, 1.54) is 6.08 Å². The monoisotopic (exact) mass is 349 g/mol. The number of rotatable bonds is 10. The minimum absolute atomic E-state index is 0.222. The van der Waals surface area contributed by atoms with Gasteiger partial charge in [0.2, 0.25) is 0 Å². The molecule has 0 bridgehead atoms. The van der Waals surface area contributed by atoms with Gasteiger partial charge in [0.15, 0.2) is 0 Å². The van der Waals surface area contributed by atoms with Crippen LogP contribution in [0.4, 0.5) is 8.78 Å². The quantitative estimate of drug-likeness (QED) is 0.481. The second kappa shape index (κ2) is 8.85. The van der Waals surface area contributed by atoms with Crippen molar-refractivity contribution in [3.8, 4) is 0 Å². The maximum Gasteiger partial charge on any atom is 0.257 e. The first kappa shape index (κ1) is 19.2. The third-order valence-corrected chi connectivity index (χ3v) is 4.00. The van der Waals surface area contributed by atoms with Crippen molar-refractivity contribution in [2.75, 3.05) is 19.6 Å². The molecule has 0 unspecified atom stereocenters. The summed E-state index contributed by atoms with van der Waals surface area (Å²) in [6.07, 6.45) is 7.52. The first-order valence-corrected chi connectivity index (χ1v) is 8.60. The summed E-state index contributed by atoms with van der Waals surface area (Å²) in [4.78, 5) is 16.6. The molecular formula is C19H25F2N3O. The SMILES string of the molecule is CCCCN(CCn1cnc2cc(/C=C/C=O)ccc21)CC(C)(F)F. The van der Waals surface area contributed by atoms with Crippen LogP contribution in [-0.2, 0) is 11.3 Å². The molecule has 25 heavy (non-hydrogen) atoms. The van der Waals surface area contributed by atoms with Crippen LogP contribution >= 0.6 is 0 Å². The highest BCUT2D eigenvalue weighted by Gasteiger charge is 2.24. The summed E-state index contributed by atoms with van der Waals surface area (Å²) in [5, 5.41) is 0. The minimum atomic E-state index is -2.69. The van der Waals surface area contributed by atoms with E-state index in [1.807, 2.05) is 27.7 Å². The number of carbonyl (C=O) groups excluding carboxylic acids is 1. The fourth-order valence-corrected chi connectivity index (χ4v) is 2.81. The lowest BCUT2D eigenvalue weighted by atomic mass is 10.2. The zero-order valence-electron chi connectivity index (χ0n) is 14.8. The smallest absolute Gasteiger partial charge is 0.257 e. The van der Waals surface area contributed by atoms with Crippen LogP contribution in [0.5, 0.6) is 0 Å². The van der Waals surface area contributed by atoms with Crippen molar-refractivity contribution < 1.29 is 13.6 Å². The Kier molecular flexibility index (Phi) is 6.82. The van der Waals surface area contributed by atoms with Crippen molar-refractivity contribution in [2.24, 2.45) is 0 Å². The molecule has 0 spiro atoms. The molecule has 6 heteroatoms. The number of aldehydes is 1. The number of unbranched alkanes of at least 4 members (excludes halogenated alkanes) is 1. The molecule has 2 aromatic rings. The van der Waals surface area contributed by atoms with Crippen LogP contribution < -0.4 is 0 Å². The molecule has 0 saturated carbocycles. The third kappa shape index (κ3) is 6.05. The van der Waals surface area contributed by atoms with Gasteiger partial charge in [0.05, 0.1) is 23.9 Å². The van der Waals surface area contributed by atoms with Gasteiger partial charge in [-0.3, -0.25) is 9.69 Å². The van der Waals surface area contributed by atoms with E-state index in [2.05, 4.69) is 11.9 Å². The van der Waals surface area contributed by atoms with Gasteiger partial charge in [-0.2, -0.15) is 0 Å². The van der Waals surface area contributed by atoms with Gasteiger partial charge in [0.25, 0.3) is 5.92 Å². The van der Waals surface area contributed by atoms with Crippen molar-refractivity contribution in [3.05, 3.63) is 36.2 Å². The third-order valence-electron chi connectivity index (χ3n) is 4.00. The number of hydrogen-bond acceptors (Lipinski definition) is 3. The van der Waals surface area contributed by atoms with Crippen LogP contribution in [0.1, 0.15) is 32.3 Å². The van der Waals surface area contributed by atoms with E-state index in [9.17, 15) is 13.6 Å². The molecule has 0 aliphatic heterocycles. The lowest BCUT2D eigenvalue weighted by Gasteiger charge is -2.25. The molecule has 0 radical (unpaired) electrons. The number of fused-ring (bicyclic) bond motifs is 1. The summed E-state index contributed by atoms with van der Waals surface area (Å²) >= 11 is 0. The van der Waals surface area contributed by atoms with Crippen molar-refractivity contribution in [2.45, 2.75) is 39.2 Å². The molecule has 0 N–H and O–H groups in total. The summed E-state index contributed by atoms with van der Waals surface area (Å²) < 4.78 is 28.7. The van der Waals surface area contributed by atoms with Crippen LogP contribution in [0.2, 0.25) is 0 Å². The molecule has 0 aliphatic rings. The van der Waals surface area contributed by atoms with Gasteiger partial charge in [0, 0.05) is 20.0 Å². The molecule has 1 aromatic carbocycles. The molecule has 0 amide bonds. The Morgan fingerprint density at radius 3 is 2.80 bits per heavy atom. The van der Waals surface area contributed by atoms with Gasteiger partial charge in [-0.1, -0.05) is 25.5 Å². The standard InChI is InChI=1S/C19H25F2N3O/c1-3-4-9-23(14-19(2,20)21)10-11-24-15-22-17-13-16(6-5-12-25)7-8-18(17)24/h5-8,12-13,15H,3-4,9-11,14H2,1-2H3/b6-5+. The lowest BCUT2D eigenvalue weighted by Crippen LogP contribution is -2.37. The second-order valence-electron chi connectivity index (χ2n) is 6.38. The van der Waals surface area contributed by atoms with Gasteiger partial charge >= 0.3 is 0 Å². The Morgan fingerprint density at radius 1 is 1.32 bits per heavy atom. The Hall–Kier alpha value is -2.08. The van der Waals surface area contributed by atoms with Crippen molar-refractivity contribution in [3.63, 3.8) is 0 Å². The number of hydrogen-bond donors (Lipinski definition) is 0. The topological polar surface area (TPSA) is 38.1 Å². The summed E-state index contributed by atoms with van der Waals surface area (Å²) in [7, 11) is 0. The van der Waals surface area contributed by atoms with Crippen LogP contribution in [0, 0.1) is 0 Å². The fourth-order valence-electron chi connectivity index (χ4n) is 2.81. The van der Waals surface area contributed by atoms with Crippen LogP contribution in [0.3, 0.4) is 0 Å². The number of alkyl halides is 2. The molecule has 0 aliphatic carbocycles. The number of allylic oxidation sites excluding steroid dienone is 1. The van der Waals surface area contributed by atoms with E-state index in [0.717, 1.165) is 42.6 Å². The first-order chi connectivity index (χ1) is 11.9. The van der Waals surface area contributed by atoms with Crippen molar-refractivity contribution in [1.82, 2.24) is 14.5 Å². The lowest BCUT2D eigenvalue weighted by molar-refractivity contribution is -0.104. The predicted molar refractivity (Wildman–Crippen MR) is 96.8 cm³/mol. The molecule has 0 saturated heterocycles. The van der Waals surface area contributed by atoms with Gasteiger partial charge < -0.3 is 4.57 Å². The highest BCUT2D eigenvalue weighted by molar-refractivity contribution is 5.81. The Balaban J connectivity index is 2.07. The summed E-state index contributed by atoms with van der Waals surface area (Å²) in [6, 6.07) is 5.76. The summed E-state index contributed by atoms with van der Waals surface area (Å²) in [5.74, 6) is -2.69. The largest absolute Gasteiger partial charge is 0.329 e. The molecule has 0 fully saturated rings. The predicted octanol–water partition coefficient (Wildman–Crippen LogP) is 4.01. The maximum atomic E-state index is 13.4. The first-order valence-electron chi connectivity index (χ1n) is 8.60. The van der Waals surface area contributed by atoms with Crippen LogP contribution in [-0.4, -0.2) is 46.3 Å². The average Bonchev–Trinajstić information content (AvgIpc) is 2.96. The highest BCUT2D eigenvalue weighted by atomic mass is 19.3. The molecule has 0 atom stereocenters. The highest BCUT2D eigenvalue weighted by Crippen LogP contribution is 2.17. The molecule has 2 rings (SSSR count). The van der Waals surface area contributed by atoms with Crippen molar-refractivity contribution >= 4 is 23.4 Å². The molecule has 1 heterocycles. The van der Waals surface area contributed by atoms with E-state index in [1.54, 1.807) is 12.4 Å². The average molecular weight is 349 g/mol. The fraction of sp³-hybridized carbons (Fsp3) is 0.474. The normalized spacial score (nSPS) is 12.5. The molecular weight excluding hydrogens is 324 g/mol. The van der Waals surface area contributed by atoms with E-state index in [4.69, 9.17) is 0 Å². The summed E-state index contributed by atoms with van der Waals surface area (Å²) in [6.45, 7) is 4.64. The van der Waals surface area contributed by atoms with Crippen LogP contribution in [0.25, 0.3) is 17.1 Å². The maximum absolute atomic E-state index is 13.4.